The third kappa shape index (κ3) is 3.00. The first kappa shape index (κ1) is 15.8. The van der Waals surface area contributed by atoms with Gasteiger partial charge in [0.05, 0.1) is 13.0 Å². The number of hydrogen-bond donors (Lipinski definition) is 2. The molecule has 2 fully saturated rings. The van der Waals surface area contributed by atoms with Crippen molar-refractivity contribution in [1.29, 1.82) is 0 Å². The Morgan fingerprint density at radius 2 is 1.96 bits per heavy atom. The summed E-state index contributed by atoms with van der Waals surface area (Å²) in [5, 5.41) is 2.97. The van der Waals surface area contributed by atoms with Crippen molar-refractivity contribution in [1.82, 2.24) is 15.8 Å². The Morgan fingerprint density at radius 1 is 1.25 bits per heavy atom. The van der Waals surface area contributed by atoms with Crippen LogP contribution in [0.5, 0.6) is 5.75 Å². The minimum atomic E-state index is -0.676. The number of carbonyl (C=O) groups excluding carboxylic acids is 4. The molecule has 2 aliphatic rings. The smallest absolute Gasteiger partial charge is 0.343 e. The van der Waals surface area contributed by atoms with Crippen LogP contribution in [-0.2, 0) is 14.4 Å². The fourth-order valence-electron chi connectivity index (χ4n) is 2.65. The third-order valence-electron chi connectivity index (χ3n) is 3.92. The first-order chi connectivity index (χ1) is 11.5. The summed E-state index contributed by atoms with van der Waals surface area (Å²) in [4.78, 5) is 48.5. The van der Waals surface area contributed by atoms with Gasteiger partial charge in [0.25, 0.3) is 0 Å². The molecule has 3 rings (SSSR count). The zero-order valence-corrected chi connectivity index (χ0v) is 12.9. The number of benzene rings is 1. The minimum Gasteiger partial charge on any atom is -0.497 e. The van der Waals surface area contributed by atoms with Gasteiger partial charge in [-0.1, -0.05) is 0 Å². The van der Waals surface area contributed by atoms with Crippen LogP contribution in [0.15, 0.2) is 24.3 Å². The number of rotatable bonds is 4. The highest BCUT2D eigenvalue weighted by molar-refractivity contribution is 6.04. The Labute approximate surface area is 137 Å². The second kappa shape index (κ2) is 6.19. The van der Waals surface area contributed by atoms with E-state index in [1.54, 1.807) is 31.4 Å². The molecule has 0 saturated carbocycles. The second-order valence-corrected chi connectivity index (χ2v) is 5.52. The quantitative estimate of drug-likeness (QED) is 0.732. The maximum Gasteiger partial charge on any atom is 0.343 e. The molecule has 0 aliphatic carbocycles. The molecule has 5 amide bonds. The van der Waals surface area contributed by atoms with E-state index in [1.165, 1.54) is 4.90 Å². The highest BCUT2D eigenvalue weighted by Crippen LogP contribution is 2.27. The van der Waals surface area contributed by atoms with Crippen molar-refractivity contribution in [3.05, 3.63) is 24.3 Å². The van der Waals surface area contributed by atoms with Crippen LogP contribution in [0.3, 0.4) is 0 Å². The number of amides is 5. The number of ether oxygens (including phenoxy) is 1. The molecule has 0 spiro atoms. The number of carbonyl (C=O) groups is 4. The lowest BCUT2D eigenvalue weighted by Crippen LogP contribution is -2.47. The molecular weight excluding hydrogens is 316 g/mol. The molecule has 1 aromatic carbocycles. The lowest BCUT2D eigenvalue weighted by Gasteiger charge is -2.19. The van der Waals surface area contributed by atoms with Crippen molar-refractivity contribution in [3.63, 3.8) is 0 Å². The van der Waals surface area contributed by atoms with Gasteiger partial charge in [0.1, 0.15) is 12.3 Å². The minimum absolute atomic E-state index is 0.0429. The Morgan fingerprint density at radius 3 is 2.54 bits per heavy atom. The Kier molecular flexibility index (Phi) is 4.07. The predicted octanol–water partition coefficient (Wildman–Crippen LogP) is -0.369. The molecule has 2 saturated heterocycles. The van der Waals surface area contributed by atoms with Gasteiger partial charge in [-0.3, -0.25) is 25.1 Å². The van der Waals surface area contributed by atoms with E-state index in [4.69, 9.17) is 4.74 Å². The van der Waals surface area contributed by atoms with Crippen LogP contribution in [0.2, 0.25) is 0 Å². The molecule has 1 aromatic rings. The molecule has 0 aromatic heterocycles. The van der Waals surface area contributed by atoms with Gasteiger partial charge in [-0.2, -0.15) is 0 Å². The number of hydrazine groups is 1. The first-order valence-electron chi connectivity index (χ1n) is 7.34. The number of nitrogens with one attached hydrogen (secondary N) is 2. The third-order valence-corrected chi connectivity index (χ3v) is 3.92. The van der Waals surface area contributed by atoms with Crippen LogP contribution in [0, 0.1) is 5.92 Å². The molecule has 1 atom stereocenters. The van der Waals surface area contributed by atoms with Crippen molar-refractivity contribution in [3.8, 4) is 5.75 Å². The summed E-state index contributed by atoms with van der Waals surface area (Å²) < 4.78 is 5.07. The normalized spacial score (nSPS) is 20.4. The standard InChI is InChI=1S/C15H16N4O5/c1-24-11-4-2-10(3-5-11)18-7-9(6-13(18)21)14(22)17-19-8-12(20)16-15(19)23/h2-5,9H,6-8H2,1H3,(H,17,22)(H,16,20,23)/t9-/m1/s1. The lowest BCUT2D eigenvalue weighted by atomic mass is 10.1. The number of hydrogen-bond acceptors (Lipinski definition) is 5. The molecule has 126 valence electrons. The van der Waals surface area contributed by atoms with Crippen molar-refractivity contribution < 1.29 is 23.9 Å². The van der Waals surface area contributed by atoms with Crippen molar-refractivity contribution in [2.24, 2.45) is 5.92 Å². The maximum absolute atomic E-state index is 12.2. The molecular formula is C15H16N4O5. The molecule has 2 aliphatic heterocycles. The van der Waals surface area contributed by atoms with Crippen LogP contribution < -0.4 is 20.4 Å². The van der Waals surface area contributed by atoms with E-state index in [0.29, 0.717) is 11.4 Å². The summed E-state index contributed by atoms with van der Waals surface area (Å²) in [6.45, 7) is -0.0200. The topological polar surface area (TPSA) is 108 Å². The van der Waals surface area contributed by atoms with Crippen LogP contribution >= 0.6 is 0 Å². The van der Waals surface area contributed by atoms with Gasteiger partial charge in [-0.05, 0) is 24.3 Å². The van der Waals surface area contributed by atoms with Gasteiger partial charge in [0.2, 0.25) is 17.7 Å². The average Bonchev–Trinajstić information content (AvgIpc) is 3.10. The Balaban J connectivity index is 1.64. The SMILES string of the molecule is COc1ccc(N2C[C@H](C(=O)NN3CC(=O)NC3=O)CC2=O)cc1. The van der Waals surface area contributed by atoms with Crippen LogP contribution in [0.1, 0.15) is 6.42 Å². The molecule has 9 nitrogen and oxygen atoms in total. The number of methoxy groups -OCH3 is 1. The summed E-state index contributed by atoms with van der Waals surface area (Å²) in [6, 6.07) is 6.27. The number of imide groups is 1. The fraction of sp³-hybridized carbons (Fsp3) is 0.333. The van der Waals surface area contributed by atoms with E-state index in [-0.39, 0.29) is 25.4 Å². The zero-order valence-electron chi connectivity index (χ0n) is 12.9. The van der Waals surface area contributed by atoms with E-state index < -0.39 is 23.8 Å². The number of anilines is 1. The van der Waals surface area contributed by atoms with Gasteiger partial charge in [-0.15, -0.1) is 0 Å². The summed E-state index contributed by atoms with van der Waals surface area (Å²) in [6.07, 6.45) is 0.0429. The maximum atomic E-state index is 12.2. The lowest BCUT2D eigenvalue weighted by molar-refractivity contribution is -0.129. The van der Waals surface area contributed by atoms with E-state index in [1.807, 2.05) is 0 Å². The van der Waals surface area contributed by atoms with Gasteiger partial charge < -0.3 is 9.64 Å². The van der Waals surface area contributed by atoms with Crippen LogP contribution in [0.4, 0.5) is 10.5 Å². The van der Waals surface area contributed by atoms with Gasteiger partial charge >= 0.3 is 6.03 Å². The monoisotopic (exact) mass is 332 g/mol. The largest absolute Gasteiger partial charge is 0.497 e. The zero-order chi connectivity index (χ0) is 17.3. The molecule has 2 N–H and O–H groups in total. The van der Waals surface area contributed by atoms with Crippen LogP contribution in [-0.4, -0.2) is 49.0 Å². The Bertz CT molecular complexity index is 702. The van der Waals surface area contributed by atoms with E-state index in [2.05, 4.69) is 10.7 Å². The molecule has 9 heteroatoms. The van der Waals surface area contributed by atoms with Crippen molar-refractivity contribution in [2.75, 3.05) is 25.1 Å². The fourth-order valence-corrected chi connectivity index (χ4v) is 2.65. The summed E-state index contributed by atoms with van der Waals surface area (Å²) >= 11 is 0. The molecule has 0 bridgehead atoms. The van der Waals surface area contributed by atoms with Crippen molar-refractivity contribution >= 4 is 29.4 Å². The van der Waals surface area contributed by atoms with Gasteiger partial charge in [-0.25, -0.2) is 9.80 Å². The van der Waals surface area contributed by atoms with Crippen LogP contribution in [0.25, 0.3) is 0 Å². The average molecular weight is 332 g/mol. The summed E-state index contributed by atoms with van der Waals surface area (Å²) in [7, 11) is 1.55. The molecule has 0 unspecified atom stereocenters. The second-order valence-electron chi connectivity index (χ2n) is 5.52. The Hall–Kier alpha value is -3.10. The highest BCUT2D eigenvalue weighted by Gasteiger charge is 2.37. The van der Waals surface area contributed by atoms with E-state index >= 15 is 0 Å². The number of nitrogens with zero attached hydrogens (tertiary/aromatic N) is 2. The van der Waals surface area contributed by atoms with E-state index in [0.717, 1.165) is 5.01 Å². The summed E-state index contributed by atoms with van der Waals surface area (Å²) in [5.41, 5.74) is 3.05. The molecule has 0 radical (unpaired) electrons. The highest BCUT2D eigenvalue weighted by atomic mass is 16.5. The molecule has 24 heavy (non-hydrogen) atoms. The summed E-state index contributed by atoms with van der Waals surface area (Å²) in [5.74, 6) is -1.05. The molecule has 2 heterocycles. The van der Waals surface area contributed by atoms with Gasteiger partial charge in [0, 0.05) is 18.7 Å². The van der Waals surface area contributed by atoms with Gasteiger partial charge in [0.15, 0.2) is 0 Å². The first-order valence-corrected chi connectivity index (χ1v) is 7.34. The predicted molar refractivity (Wildman–Crippen MR) is 81.8 cm³/mol. The van der Waals surface area contributed by atoms with Crippen molar-refractivity contribution in [2.45, 2.75) is 6.42 Å². The number of urea groups is 1. The van der Waals surface area contributed by atoms with E-state index in [9.17, 15) is 19.2 Å².